The molecule has 0 radical (unpaired) electrons. The van der Waals surface area contributed by atoms with E-state index in [-0.39, 0.29) is 11.4 Å². The van der Waals surface area contributed by atoms with Gasteiger partial charge in [0.05, 0.1) is 21.2 Å². The van der Waals surface area contributed by atoms with E-state index >= 15 is 0 Å². The molecule has 1 heterocycles. The van der Waals surface area contributed by atoms with E-state index in [1.165, 1.54) is 24.3 Å². The highest BCUT2D eigenvalue weighted by Crippen LogP contribution is 2.29. The van der Waals surface area contributed by atoms with Crippen LogP contribution in [0.4, 0.5) is 22.7 Å². The summed E-state index contributed by atoms with van der Waals surface area (Å²) < 4.78 is 0. The Bertz CT molecular complexity index is 1110. The summed E-state index contributed by atoms with van der Waals surface area (Å²) in [6, 6.07) is 19.6. The Balaban J connectivity index is 1.74. The standard InChI is InChI=1S/C21H15N5O4/c1-24-20(22-14-6-10-16(11-7-14)25(27)28)18-4-2-3-5-19(18)21(24)23-15-8-12-17(13-9-15)26(29)30/h2-13H,1H3. The van der Waals surface area contributed by atoms with Crippen LogP contribution < -0.4 is 0 Å². The van der Waals surface area contributed by atoms with Crippen LogP contribution in [0, 0.1) is 20.2 Å². The molecule has 0 fully saturated rings. The summed E-state index contributed by atoms with van der Waals surface area (Å²) in [7, 11) is 1.83. The third-order valence-electron chi connectivity index (χ3n) is 4.64. The van der Waals surface area contributed by atoms with Gasteiger partial charge in [0, 0.05) is 42.4 Å². The largest absolute Gasteiger partial charge is 0.313 e. The van der Waals surface area contributed by atoms with Gasteiger partial charge in [0.2, 0.25) is 0 Å². The number of hydrogen-bond acceptors (Lipinski definition) is 6. The summed E-state index contributed by atoms with van der Waals surface area (Å²) in [6.07, 6.45) is 0. The highest BCUT2D eigenvalue weighted by atomic mass is 16.6. The molecule has 3 aromatic rings. The van der Waals surface area contributed by atoms with Gasteiger partial charge in [-0.15, -0.1) is 0 Å². The summed E-state index contributed by atoms with van der Waals surface area (Å²) in [4.78, 5) is 31.9. The first-order valence-electron chi connectivity index (χ1n) is 8.94. The maximum absolute atomic E-state index is 10.9. The minimum absolute atomic E-state index is 0.000417. The minimum atomic E-state index is -0.455. The fraction of sp³-hybridized carbons (Fsp3) is 0.0476. The third-order valence-corrected chi connectivity index (χ3v) is 4.64. The molecule has 0 saturated carbocycles. The lowest BCUT2D eigenvalue weighted by Gasteiger charge is -2.13. The molecular weight excluding hydrogens is 386 g/mol. The minimum Gasteiger partial charge on any atom is -0.313 e. The third kappa shape index (κ3) is 3.51. The molecule has 0 aliphatic carbocycles. The topological polar surface area (TPSA) is 114 Å². The van der Waals surface area contributed by atoms with Crippen molar-refractivity contribution in [2.75, 3.05) is 7.05 Å². The maximum Gasteiger partial charge on any atom is 0.269 e. The first kappa shape index (κ1) is 18.9. The van der Waals surface area contributed by atoms with Crippen molar-refractivity contribution in [1.82, 2.24) is 4.90 Å². The smallest absolute Gasteiger partial charge is 0.269 e. The fourth-order valence-electron chi connectivity index (χ4n) is 3.15. The Hall–Kier alpha value is -4.40. The number of hydrogen-bond donors (Lipinski definition) is 0. The molecule has 30 heavy (non-hydrogen) atoms. The van der Waals surface area contributed by atoms with Crippen LogP contribution >= 0.6 is 0 Å². The van der Waals surface area contributed by atoms with Gasteiger partial charge in [0.1, 0.15) is 11.7 Å². The monoisotopic (exact) mass is 401 g/mol. The number of non-ortho nitro benzene ring substituents is 2. The van der Waals surface area contributed by atoms with Crippen LogP contribution in [0.5, 0.6) is 0 Å². The lowest BCUT2D eigenvalue weighted by atomic mass is 10.1. The Kier molecular flexibility index (Phi) is 4.77. The molecule has 0 N–H and O–H groups in total. The van der Waals surface area contributed by atoms with E-state index in [0.29, 0.717) is 23.0 Å². The molecule has 0 atom stereocenters. The van der Waals surface area contributed by atoms with Crippen LogP contribution in [0.2, 0.25) is 0 Å². The molecule has 9 nitrogen and oxygen atoms in total. The lowest BCUT2D eigenvalue weighted by Crippen LogP contribution is -2.26. The summed E-state index contributed by atoms with van der Waals surface area (Å²) in [5, 5.41) is 21.7. The van der Waals surface area contributed by atoms with Crippen LogP contribution in [0.25, 0.3) is 0 Å². The number of nitrogens with zero attached hydrogens (tertiary/aromatic N) is 5. The lowest BCUT2D eigenvalue weighted by molar-refractivity contribution is -0.385. The Morgan fingerprint density at radius 3 is 1.37 bits per heavy atom. The summed E-state index contributed by atoms with van der Waals surface area (Å²) >= 11 is 0. The van der Waals surface area contributed by atoms with Crippen LogP contribution in [-0.4, -0.2) is 33.5 Å². The van der Waals surface area contributed by atoms with Gasteiger partial charge in [-0.1, -0.05) is 24.3 Å². The van der Waals surface area contributed by atoms with Crippen molar-refractivity contribution in [3.05, 3.63) is 104 Å². The van der Waals surface area contributed by atoms with E-state index in [9.17, 15) is 20.2 Å². The molecule has 9 heteroatoms. The molecule has 0 unspecified atom stereocenters. The molecule has 148 valence electrons. The van der Waals surface area contributed by atoms with E-state index in [0.717, 1.165) is 11.1 Å². The van der Waals surface area contributed by atoms with Gasteiger partial charge in [0.15, 0.2) is 0 Å². The molecule has 3 aromatic carbocycles. The van der Waals surface area contributed by atoms with E-state index in [4.69, 9.17) is 0 Å². The normalized spacial score (nSPS) is 15.4. The fourth-order valence-corrected chi connectivity index (χ4v) is 3.15. The molecule has 0 amide bonds. The Labute approximate surface area is 170 Å². The number of nitro benzene ring substituents is 2. The van der Waals surface area contributed by atoms with Crippen molar-refractivity contribution in [3.8, 4) is 0 Å². The zero-order valence-electron chi connectivity index (χ0n) is 15.8. The number of rotatable bonds is 4. The van der Waals surface area contributed by atoms with Gasteiger partial charge in [-0.25, -0.2) is 9.98 Å². The first-order chi connectivity index (χ1) is 14.4. The van der Waals surface area contributed by atoms with Crippen molar-refractivity contribution in [3.63, 3.8) is 0 Å². The van der Waals surface area contributed by atoms with Gasteiger partial charge in [-0.2, -0.15) is 0 Å². The molecule has 0 aromatic heterocycles. The maximum atomic E-state index is 10.9. The quantitative estimate of drug-likeness (QED) is 0.468. The summed E-state index contributed by atoms with van der Waals surface area (Å²) in [5.41, 5.74) is 2.90. The zero-order valence-corrected chi connectivity index (χ0v) is 15.8. The second kappa shape index (κ2) is 7.55. The molecule has 0 saturated heterocycles. The predicted octanol–water partition coefficient (Wildman–Crippen LogP) is 4.61. The number of amidine groups is 2. The van der Waals surface area contributed by atoms with Gasteiger partial charge >= 0.3 is 0 Å². The second-order valence-electron chi connectivity index (χ2n) is 6.52. The molecule has 1 aliphatic heterocycles. The zero-order chi connectivity index (χ0) is 21.3. The Morgan fingerprint density at radius 1 is 0.667 bits per heavy atom. The molecule has 0 bridgehead atoms. The van der Waals surface area contributed by atoms with Crippen molar-refractivity contribution in [1.29, 1.82) is 0 Å². The van der Waals surface area contributed by atoms with Crippen molar-refractivity contribution in [2.24, 2.45) is 9.98 Å². The summed E-state index contributed by atoms with van der Waals surface area (Å²) in [6.45, 7) is 0. The van der Waals surface area contributed by atoms with Crippen molar-refractivity contribution >= 4 is 34.4 Å². The number of benzene rings is 3. The molecule has 1 aliphatic rings. The van der Waals surface area contributed by atoms with E-state index in [1.54, 1.807) is 24.3 Å². The second-order valence-corrected chi connectivity index (χ2v) is 6.52. The highest BCUT2D eigenvalue weighted by Gasteiger charge is 2.29. The van der Waals surface area contributed by atoms with Crippen molar-refractivity contribution in [2.45, 2.75) is 0 Å². The number of aliphatic imine (C=N–C) groups is 2. The van der Waals surface area contributed by atoms with E-state index in [2.05, 4.69) is 9.98 Å². The predicted molar refractivity (Wildman–Crippen MR) is 113 cm³/mol. The van der Waals surface area contributed by atoms with Gasteiger partial charge < -0.3 is 4.90 Å². The summed E-state index contributed by atoms with van der Waals surface area (Å²) in [5.74, 6) is 1.31. The van der Waals surface area contributed by atoms with Crippen LogP contribution in [0.3, 0.4) is 0 Å². The highest BCUT2D eigenvalue weighted by molar-refractivity contribution is 6.25. The van der Waals surface area contributed by atoms with Gasteiger partial charge in [0.25, 0.3) is 11.4 Å². The molecule has 4 rings (SSSR count). The first-order valence-corrected chi connectivity index (χ1v) is 8.94. The molecule has 0 spiro atoms. The van der Waals surface area contributed by atoms with Gasteiger partial charge in [-0.3, -0.25) is 20.2 Å². The molecular formula is C21H15N5O4. The van der Waals surface area contributed by atoms with Crippen molar-refractivity contribution < 1.29 is 9.85 Å². The average Bonchev–Trinajstić information content (AvgIpc) is 3.00. The van der Waals surface area contributed by atoms with Crippen LogP contribution in [0.1, 0.15) is 11.1 Å². The Morgan fingerprint density at radius 2 is 1.03 bits per heavy atom. The van der Waals surface area contributed by atoms with Crippen LogP contribution in [-0.2, 0) is 0 Å². The van der Waals surface area contributed by atoms with Gasteiger partial charge in [-0.05, 0) is 24.3 Å². The van der Waals surface area contributed by atoms with E-state index < -0.39 is 9.85 Å². The van der Waals surface area contributed by atoms with Crippen LogP contribution in [0.15, 0.2) is 82.8 Å². The SMILES string of the molecule is CN1C(=Nc2ccc([N+](=O)[O-])cc2)c2ccccc2C1=Nc1ccc([N+](=O)[O-])cc1. The van der Waals surface area contributed by atoms with E-state index in [1.807, 2.05) is 36.2 Å². The number of fused-ring (bicyclic) bond motifs is 1. The number of nitro groups is 2. The average molecular weight is 401 g/mol.